The number of likely N-dealkylation sites (tertiary alicyclic amines) is 1. The Kier molecular flexibility index (Phi) is 13.7. The second kappa shape index (κ2) is 14.8. The van der Waals surface area contributed by atoms with Gasteiger partial charge in [0, 0.05) is 38.3 Å². The molecule has 2 atom stereocenters. The Hall–Kier alpha value is -0.120. The van der Waals surface area contributed by atoms with E-state index in [-0.39, 0.29) is 24.0 Å². The molecule has 0 aliphatic carbocycles. The van der Waals surface area contributed by atoms with Crippen molar-refractivity contribution in [3.63, 3.8) is 0 Å². The molecule has 27 heavy (non-hydrogen) atoms. The minimum Gasteiger partial charge on any atom is -0.379 e. The summed E-state index contributed by atoms with van der Waals surface area (Å²) in [5.74, 6) is 0.957. The van der Waals surface area contributed by atoms with Crippen molar-refractivity contribution < 1.29 is 4.74 Å². The van der Waals surface area contributed by atoms with E-state index in [9.17, 15) is 0 Å². The van der Waals surface area contributed by atoms with Crippen molar-refractivity contribution >= 4 is 29.9 Å². The highest BCUT2D eigenvalue weighted by molar-refractivity contribution is 14.0. The molecule has 2 N–H and O–H groups in total. The molecule has 0 amide bonds. The Labute approximate surface area is 183 Å². The highest BCUT2D eigenvalue weighted by Gasteiger charge is 2.17. The van der Waals surface area contributed by atoms with E-state index in [0.29, 0.717) is 6.04 Å². The Bertz CT molecular complexity index is 404. The van der Waals surface area contributed by atoms with E-state index < -0.39 is 0 Å². The van der Waals surface area contributed by atoms with E-state index in [2.05, 4.69) is 41.2 Å². The number of nitrogens with zero attached hydrogens (tertiary/aromatic N) is 3. The smallest absolute Gasteiger partial charge is 0.191 e. The summed E-state index contributed by atoms with van der Waals surface area (Å²) in [6, 6.07) is 1.24. The van der Waals surface area contributed by atoms with Crippen LogP contribution in [0, 0.1) is 0 Å². The van der Waals surface area contributed by atoms with Gasteiger partial charge in [-0.2, -0.15) is 0 Å². The fourth-order valence-corrected chi connectivity index (χ4v) is 3.84. The van der Waals surface area contributed by atoms with Crippen molar-refractivity contribution in [1.82, 2.24) is 20.4 Å². The molecule has 0 aromatic heterocycles. The van der Waals surface area contributed by atoms with Gasteiger partial charge in [-0.15, -0.1) is 24.0 Å². The normalized spacial score (nSPS) is 23.5. The molecule has 2 aliphatic rings. The van der Waals surface area contributed by atoms with Crippen LogP contribution in [0.25, 0.3) is 0 Å². The molecule has 0 radical (unpaired) electrons. The zero-order chi connectivity index (χ0) is 18.6. The van der Waals surface area contributed by atoms with Crippen molar-refractivity contribution in [1.29, 1.82) is 0 Å². The Morgan fingerprint density at radius 1 is 1.15 bits per heavy atom. The van der Waals surface area contributed by atoms with Crippen molar-refractivity contribution in [2.75, 3.05) is 59.0 Å². The maximum Gasteiger partial charge on any atom is 0.191 e. The highest BCUT2D eigenvalue weighted by Crippen LogP contribution is 2.16. The van der Waals surface area contributed by atoms with Crippen LogP contribution in [0.3, 0.4) is 0 Å². The Morgan fingerprint density at radius 3 is 2.63 bits per heavy atom. The minimum absolute atomic E-state index is 0. The third-order valence-electron chi connectivity index (χ3n) is 5.63. The second-order valence-electron chi connectivity index (χ2n) is 7.73. The first-order valence-corrected chi connectivity index (χ1v) is 10.8. The predicted octanol–water partition coefficient (Wildman–Crippen LogP) is 2.53. The number of hydrogen-bond donors (Lipinski definition) is 2. The van der Waals surface area contributed by atoms with Crippen LogP contribution < -0.4 is 10.6 Å². The van der Waals surface area contributed by atoms with Crippen molar-refractivity contribution in [2.24, 2.45) is 4.99 Å². The summed E-state index contributed by atoms with van der Waals surface area (Å²) in [6.45, 7) is 15.8. The molecular formula is C20H42IN5O. The quantitative estimate of drug-likeness (QED) is 0.223. The van der Waals surface area contributed by atoms with Gasteiger partial charge in [0.2, 0.25) is 0 Å². The number of unbranched alkanes of at least 4 members (excludes halogenated alkanes) is 1. The summed E-state index contributed by atoms with van der Waals surface area (Å²) < 4.78 is 5.43. The lowest BCUT2D eigenvalue weighted by Gasteiger charge is -2.33. The van der Waals surface area contributed by atoms with Crippen molar-refractivity contribution in [3.05, 3.63) is 0 Å². The number of morpholine rings is 1. The lowest BCUT2D eigenvalue weighted by atomic mass is 10.0. The largest absolute Gasteiger partial charge is 0.379 e. The maximum absolute atomic E-state index is 5.43. The first-order valence-electron chi connectivity index (χ1n) is 10.8. The van der Waals surface area contributed by atoms with Gasteiger partial charge in [-0.1, -0.05) is 6.42 Å². The van der Waals surface area contributed by atoms with Crippen LogP contribution in [-0.2, 0) is 4.74 Å². The molecule has 0 bridgehead atoms. The van der Waals surface area contributed by atoms with Gasteiger partial charge in [-0.05, 0) is 59.5 Å². The number of halogens is 1. The first kappa shape index (κ1) is 24.9. The molecule has 2 heterocycles. The summed E-state index contributed by atoms with van der Waals surface area (Å²) in [5.41, 5.74) is 0. The zero-order valence-electron chi connectivity index (χ0n) is 17.7. The van der Waals surface area contributed by atoms with Crippen molar-refractivity contribution in [3.8, 4) is 0 Å². The molecule has 0 saturated carbocycles. The van der Waals surface area contributed by atoms with Crippen LogP contribution in [0.1, 0.15) is 52.9 Å². The Balaban J connectivity index is 0.00000364. The van der Waals surface area contributed by atoms with Crippen LogP contribution in [0.4, 0.5) is 0 Å². The van der Waals surface area contributed by atoms with Gasteiger partial charge in [-0.3, -0.25) is 9.89 Å². The number of nitrogens with one attached hydrogen (secondary N) is 2. The summed E-state index contributed by atoms with van der Waals surface area (Å²) >= 11 is 0. The molecule has 2 rings (SSSR count). The second-order valence-corrected chi connectivity index (χ2v) is 7.73. The fraction of sp³-hybridized carbons (Fsp3) is 0.950. The number of aliphatic imine (C=N–C) groups is 1. The molecule has 160 valence electrons. The first-order chi connectivity index (χ1) is 12.7. The molecule has 2 aliphatic heterocycles. The molecule has 2 saturated heterocycles. The van der Waals surface area contributed by atoms with Gasteiger partial charge >= 0.3 is 0 Å². The maximum atomic E-state index is 5.43. The lowest BCUT2D eigenvalue weighted by molar-refractivity contribution is 0.0220. The molecule has 7 heteroatoms. The van der Waals surface area contributed by atoms with Gasteiger partial charge in [0.25, 0.3) is 0 Å². The molecular weight excluding hydrogens is 453 g/mol. The van der Waals surface area contributed by atoms with Crippen LogP contribution >= 0.6 is 24.0 Å². The summed E-state index contributed by atoms with van der Waals surface area (Å²) in [4.78, 5) is 9.92. The SMILES string of the molecule is CCNC(=NCC(C)N1CCOCC1)NCCCCN1CCCCC1C.I. The lowest BCUT2D eigenvalue weighted by Crippen LogP contribution is -2.44. The van der Waals surface area contributed by atoms with Gasteiger partial charge in [0.05, 0.1) is 19.8 Å². The molecule has 0 aromatic carbocycles. The molecule has 0 aromatic rings. The number of ether oxygens (including phenoxy) is 1. The highest BCUT2D eigenvalue weighted by atomic mass is 127. The molecule has 2 unspecified atom stereocenters. The standard InChI is InChI=1S/C20H41N5O.HI/c1-4-21-20(23-17-19(3)25-13-15-26-16-14-25)22-10-6-8-12-24-11-7-5-9-18(24)2;/h18-19H,4-17H2,1-3H3,(H2,21,22,23);1H. The molecule has 6 nitrogen and oxygen atoms in total. The van der Waals surface area contributed by atoms with Gasteiger partial charge < -0.3 is 20.3 Å². The number of guanidine groups is 1. The average Bonchev–Trinajstić information content (AvgIpc) is 2.67. The minimum atomic E-state index is 0. The van der Waals surface area contributed by atoms with Gasteiger partial charge in [-0.25, -0.2) is 0 Å². The topological polar surface area (TPSA) is 52.1 Å². The van der Waals surface area contributed by atoms with Gasteiger partial charge in [0.15, 0.2) is 5.96 Å². The fourth-order valence-electron chi connectivity index (χ4n) is 3.84. The Morgan fingerprint density at radius 2 is 1.93 bits per heavy atom. The average molecular weight is 495 g/mol. The van der Waals surface area contributed by atoms with E-state index in [1.165, 1.54) is 45.2 Å². The number of piperidine rings is 1. The third kappa shape index (κ3) is 9.76. The van der Waals surface area contributed by atoms with Gasteiger partial charge in [0.1, 0.15) is 0 Å². The van der Waals surface area contributed by atoms with Crippen LogP contribution in [0.5, 0.6) is 0 Å². The van der Waals surface area contributed by atoms with E-state index in [1.54, 1.807) is 0 Å². The van der Waals surface area contributed by atoms with E-state index in [1.807, 2.05) is 0 Å². The molecule has 2 fully saturated rings. The van der Waals surface area contributed by atoms with Crippen LogP contribution in [-0.4, -0.2) is 86.9 Å². The van der Waals surface area contributed by atoms with Crippen molar-refractivity contribution in [2.45, 2.75) is 65.0 Å². The van der Waals surface area contributed by atoms with E-state index in [0.717, 1.165) is 57.9 Å². The third-order valence-corrected chi connectivity index (χ3v) is 5.63. The summed E-state index contributed by atoms with van der Waals surface area (Å²) in [5, 5.41) is 6.88. The van der Waals surface area contributed by atoms with Crippen LogP contribution in [0.15, 0.2) is 4.99 Å². The summed E-state index contributed by atoms with van der Waals surface area (Å²) in [7, 11) is 0. The zero-order valence-corrected chi connectivity index (χ0v) is 20.0. The summed E-state index contributed by atoms with van der Waals surface area (Å²) in [6.07, 6.45) is 6.62. The van der Waals surface area contributed by atoms with Crippen LogP contribution in [0.2, 0.25) is 0 Å². The van der Waals surface area contributed by atoms with E-state index >= 15 is 0 Å². The van der Waals surface area contributed by atoms with E-state index in [4.69, 9.17) is 9.73 Å². The predicted molar refractivity (Wildman–Crippen MR) is 125 cm³/mol. The number of hydrogen-bond acceptors (Lipinski definition) is 4. The molecule has 0 spiro atoms. The monoisotopic (exact) mass is 495 g/mol. The number of rotatable bonds is 9.